The Hall–Kier alpha value is -3.05. The fourth-order valence-corrected chi connectivity index (χ4v) is 3.34. The summed E-state index contributed by atoms with van der Waals surface area (Å²) in [6, 6.07) is 6.95. The van der Waals surface area contributed by atoms with Gasteiger partial charge in [-0.1, -0.05) is 11.6 Å². The number of aromatic nitrogens is 1. The number of benzene rings is 1. The van der Waals surface area contributed by atoms with Crippen molar-refractivity contribution in [3.8, 4) is 11.5 Å². The highest BCUT2D eigenvalue weighted by Crippen LogP contribution is 2.36. The van der Waals surface area contributed by atoms with Crippen molar-refractivity contribution in [1.82, 2.24) is 15.6 Å². The molecule has 0 aliphatic carbocycles. The molecule has 0 saturated carbocycles. The van der Waals surface area contributed by atoms with Crippen LogP contribution in [0.15, 0.2) is 36.5 Å². The Labute approximate surface area is 192 Å². The van der Waals surface area contributed by atoms with Gasteiger partial charge in [-0.25, -0.2) is 4.98 Å². The van der Waals surface area contributed by atoms with Crippen molar-refractivity contribution in [2.45, 2.75) is 37.8 Å². The van der Waals surface area contributed by atoms with Crippen molar-refractivity contribution in [3.05, 3.63) is 52.8 Å². The van der Waals surface area contributed by atoms with E-state index in [2.05, 4.69) is 20.4 Å². The highest BCUT2D eigenvalue weighted by Gasteiger charge is 2.32. The van der Waals surface area contributed by atoms with Crippen molar-refractivity contribution in [2.75, 3.05) is 13.1 Å². The molecule has 33 heavy (non-hydrogen) atoms. The normalized spacial score (nSPS) is 17.5. The zero-order valence-corrected chi connectivity index (χ0v) is 17.9. The Balaban J connectivity index is 1.34. The minimum Gasteiger partial charge on any atom is -0.480 e. The van der Waals surface area contributed by atoms with E-state index in [1.54, 1.807) is 18.2 Å². The molecule has 0 unspecified atom stereocenters. The van der Waals surface area contributed by atoms with E-state index in [1.165, 1.54) is 0 Å². The Kier molecular flexibility index (Phi) is 7.98. The second kappa shape index (κ2) is 10.7. The number of ether oxygens (including phenoxy) is 2. The molecule has 2 heterocycles. The van der Waals surface area contributed by atoms with E-state index < -0.39 is 30.2 Å². The number of carbonyl (C=O) groups is 2. The number of amides is 2. The number of aliphatic hydroxyl groups excluding tert-OH is 1. The number of unbranched alkanes of at least 4 members (excludes halogenated alkanes) is 1. The van der Waals surface area contributed by atoms with E-state index in [0.717, 1.165) is 18.3 Å². The molecule has 2 aromatic rings. The van der Waals surface area contributed by atoms with Gasteiger partial charge in [0, 0.05) is 30.1 Å². The summed E-state index contributed by atoms with van der Waals surface area (Å²) >= 11 is 5.91. The van der Waals surface area contributed by atoms with Crippen LogP contribution >= 0.6 is 11.6 Å². The number of hydrogen-bond acceptors (Lipinski definition) is 6. The van der Waals surface area contributed by atoms with Crippen molar-refractivity contribution >= 4 is 23.4 Å². The second-order valence-corrected chi connectivity index (χ2v) is 7.66. The Bertz CT molecular complexity index is 988. The van der Waals surface area contributed by atoms with E-state index in [0.29, 0.717) is 35.7 Å². The van der Waals surface area contributed by atoms with Crippen LogP contribution in [0.5, 0.6) is 11.5 Å². The lowest BCUT2D eigenvalue weighted by molar-refractivity contribution is -0.274. The molecule has 2 atom stereocenters. The number of fused-ring (bicyclic) bond motifs is 1. The number of alkyl halides is 3. The van der Waals surface area contributed by atoms with Gasteiger partial charge in [0.15, 0.2) is 6.10 Å². The van der Waals surface area contributed by atoms with Crippen molar-refractivity contribution in [3.63, 3.8) is 0 Å². The van der Waals surface area contributed by atoms with Crippen molar-refractivity contribution in [1.29, 1.82) is 0 Å². The number of nitrogens with one attached hydrogen (secondary N) is 2. The molecule has 0 fully saturated rings. The Morgan fingerprint density at radius 2 is 1.91 bits per heavy atom. The topological polar surface area (TPSA) is 110 Å². The molecule has 2 amide bonds. The quantitative estimate of drug-likeness (QED) is 0.493. The SMILES string of the molecule is O=C(NCCCCNC(=O)[C@@H]1C[C@H](O)c2cc(Cl)ccc2O1)c1ccc(OC(F)(F)F)cn1. The molecule has 12 heteroatoms. The lowest BCUT2D eigenvalue weighted by Crippen LogP contribution is -2.41. The van der Waals surface area contributed by atoms with E-state index >= 15 is 0 Å². The Morgan fingerprint density at radius 1 is 1.18 bits per heavy atom. The van der Waals surface area contributed by atoms with Crippen LogP contribution < -0.4 is 20.1 Å². The maximum absolute atomic E-state index is 12.3. The molecule has 0 saturated heterocycles. The Morgan fingerprint density at radius 3 is 2.58 bits per heavy atom. The summed E-state index contributed by atoms with van der Waals surface area (Å²) in [5, 5.41) is 16.0. The number of aliphatic hydroxyl groups is 1. The summed E-state index contributed by atoms with van der Waals surface area (Å²) in [5.41, 5.74) is 0.492. The number of nitrogens with zero attached hydrogens (tertiary/aromatic N) is 1. The lowest BCUT2D eigenvalue weighted by Gasteiger charge is -2.28. The first-order valence-electron chi connectivity index (χ1n) is 10.0. The third kappa shape index (κ3) is 7.22. The number of halogens is 4. The number of rotatable bonds is 8. The summed E-state index contributed by atoms with van der Waals surface area (Å²) in [4.78, 5) is 28.0. The molecular weight excluding hydrogens is 467 g/mol. The fourth-order valence-electron chi connectivity index (χ4n) is 3.16. The van der Waals surface area contributed by atoms with Gasteiger partial charge in [0.05, 0.1) is 12.3 Å². The third-order valence-electron chi connectivity index (χ3n) is 4.72. The lowest BCUT2D eigenvalue weighted by atomic mass is 9.98. The summed E-state index contributed by atoms with van der Waals surface area (Å²) in [6.45, 7) is 0.615. The summed E-state index contributed by atoms with van der Waals surface area (Å²) < 4.78 is 45.8. The van der Waals surface area contributed by atoms with E-state index in [4.69, 9.17) is 16.3 Å². The predicted molar refractivity (Wildman–Crippen MR) is 111 cm³/mol. The predicted octanol–water partition coefficient (Wildman–Crippen LogP) is 3.14. The molecule has 0 bridgehead atoms. The van der Waals surface area contributed by atoms with Gasteiger partial charge in [-0.05, 0) is 43.2 Å². The van der Waals surface area contributed by atoms with Gasteiger partial charge in [-0.15, -0.1) is 13.2 Å². The maximum atomic E-state index is 12.3. The fraction of sp³-hybridized carbons (Fsp3) is 0.381. The number of hydrogen-bond donors (Lipinski definition) is 3. The highest BCUT2D eigenvalue weighted by atomic mass is 35.5. The average molecular weight is 488 g/mol. The first-order valence-corrected chi connectivity index (χ1v) is 10.4. The monoisotopic (exact) mass is 487 g/mol. The highest BCUT2D eigenvalue weighted by molar-refractivity contribution is 6.30. The summed E-state index contributed by atoms with van der Waals surface area (Å²) in [5.74, 6) is -1.01. The molecule has 0 spiro atoms. The van der Waals surface area contributed by atoms with Gasteiger partial charge in [0.25, 0.3) is 11.8 Å². The largest absolute Gasteiger partial charge is 0.573 e. The van der Waals surface area contributed by atoms with Crippen LogP contribution in [0.4, 0.5) is 13.2 Å². The van der Waals surface area contributed by atoms with Crippen LogP contribution in [0, 0.1) is 0 Å². The van der Waals surface area contributed by atoms with Crippen LogP contribution in [0.1, 0.15) is 41.4 Å². The van der Waals surface area contributed by atoms with Gasteiger partial charge in [-0.2, -0.15) is 0 Å². The number of pyridine rings is 1. The van der Waals surface area contributed by atoms with Crippen LogP contribution in [0.25, 0.3) is 0 Å². The second-order valence-electron chi connectivity index (χ2n) is 7.22. The molecule has 0 radical (unpaired) electrons. The van der Waals surface area contributed by atoms with E-state index in [9.17, 15) is 27.9 Å². The van der Waals surface area contributed by atoms with Crippen LogP contribution in [0.3, 0.4) is 0 Å². The first-order chi connectivity index (χ1) is 15.6. The van der Waals surface area contributed by atoms with Gasteiger partial charge in [0.1, 0.15) is 17.2 Å². The molecule has 8 nitrogen and oxygen atoms in total. The van der Waals surface area contributed by atoms with Gasteiger partial charge in [-0.3, -0.25) is 9.59 Å². The van der Waals surface area contributed by atoms with Crippen LogP contribution in [0.2, 0.25) is 5.02 Å². The summed E-state index contributed by atoms with van der Waals surface area (Å²) in [6.07, 6.45) is -4.51. The first kappa shape index (κ1) is 24.6. The molecule has 1 aliphatic heterocycles. The van der Waals surface area contributed by atoms with Crippen LogP contribution in [-0.2, 0) is 4.79 Å². The number of carbonyl (C=O) groups excluding carboxylic acids is 2. The molecule has 1 aromatic heterocycles. The molecule has 178 valence electrons. The zero-order chi connectivity index (χ0) is 24.0. The van der Waals surface area contributed by atoms with E-state index in [1.807, 2.05) is 0 Å². The van der Waals surface area contributed by atoms with Gasteiger partial charge >= 0.3 is 6.36 Å². The molecule has 1 aliphatic rings. The minimum atomic E-state index is -4.83. The average Bonchev–Trinajstić information content (AvgIpc) is 2.75. The standard InChI is InChI=1S/C21H21ClF3N3O5/c22-12-3-6-17-14(9-12)16(29)10-18(32-17)20(31)27-8-2-1-7-26-19(30)15-5-4-13(11-28-15)33-21(23,24)25/h3-6,9,11,16,18,29H,1-2,7-8,10H2,(H,26,30)(H,27,31)/t16-,18-/m0/s1. The molecule has 3 rings (SSSR count). The van der Waals surface area contributed by atoms with Crippen molar-refractivity contribution < 1.29 is 37.3 Å². The molecule has 1 aromatic carbocycles. The van der Waals surface area contributed by atoms with Crippen LogP contribution in [-0.4, -0.2) is 47.5 Å². The van der Waals surface area contributed by atoms with E-state index in [-0.39, 0.29) is 24.6 Å². The van der Waals surface area contributed by atoms with Gasteiger partial charge in [0.2, 0.25) is 0 Å². The summed E-state index contributed by atoms with van der Waals surface area (Å²) in [7, 11) is 0. The van der Waals surface area contributed by atoms with Gasteiger partial charge < -0.3 is 25.2 Å². The molecule has 3 N–H and O–H groups in total. The minimum absolute atomic E-state index is 0.0487. The zero-order valence-electron chi connectivity index (χ0n) is 17.2. The molecular formula is C21H21ClF3N3O5. The third-order valence-corrected chi connectivity index (χ3v) is 4.96. The smallest absolute Gasteiger partial charge is 0.480 e. The van der Waals surface area contributed by atoms with Crippen molar-refractivity contribution in [2.24, 2.45) is 0 Å². The maximum Gasteiger partial charge on any atom is 0.573 e.